The molecule has 1 saturated heterocycles. The van der Waals surface area contributed by atoms with Crippen molar-refractivity contribution >= 4 is 23.2 Å². The maximum absolute atomic E-state index is 14.1. The molecule has 0 spiro atoms. The van der Waals surface area contributed by atoms with Gasteiger partial charge in [0.25, 0.3) is 5.91 Å². The van der Waals surface area contributed by atoms with E-state index in [1.807, 2.05) is 24.4 Å². The SMILES string of the molecule is C[C@H]1CN(C(=O)CN2CCc3sccc3[C@H]2c2cccc(F)c2)CCN1C(=O)c1ccc(C(F)(F)F)cc1. The Labute approximate surface area is 222 Å². The first kappa shape index (κ1) is 26.4. The Balaban J connectivity index is 1.25. The maximum Gasteiger partial charge on any atom is 0.416 e. The van der Waals surface area contributed by atoms with Crippen molar-refractivity contribution in [3.05, 3.63) is 92.9 Å². The van der Waals surface area contributed by atoms with Gasteiger partial charge in [-0.25, -0.2) is 4.39 Å². The molecule has 0 saturated carbocycles. The molecule has 5 rings (SSSR count). The lowest BCUT2D eigenvalue weighted by atomic mass is 9.93. The number of carbonyl (C=O) groups is 2. The Hall–Kier alpha value is -3.24. The van der Waals surface area contributed by atoms with Gasteiger partial charge in [0.1, 0.15) is 5.82 Å². The van der Waals surface area contributed by atoms with Crippen molar-refractivity contribution < 1.29 is 27.2 Å². The summed E-state index contributed by atoms with van der Waals surface area (Å²) in [5, 5.41) is 2.02. The van der Waals surface area contributed by atoms with Crippen LogP contribution in [-0.4, -0.2) is 65.3 Å². The lowest BCUT2D eigenvalue weighted by Crippen LogP contribution is -2.57. The summed E-state index contributed by atoms with van der Waals surface area (Å²) in [6.07, 6.45) is -3.65. The van der Waals surface area contributed by atoms with Crippen LogP contribution in [0.5, 0.6) is 0 Å². The zero-order chi connectivity index (χ0) is 27.0. The van der Waals surface area contributed by atoms with Gasteiger partial charge in [-0.15, -0.1) is 11.3 Å². The van der Waals surface area contributed by atoms with Crippen molar-refractivity contribution in [1.29, 1.82) is 0 Å². The first-order valence-electron chi connectivity index (χ1n) is 12.4. The van der Waals surface area contributed by atoms with Crippen molar-refractivity contribution in [3.63, 3.8) is 0 Å². The number of amides is 2. The third-order valence-corrected chi connectivity index (χ3v) is 8.27. The third kappa shape index (κ3) is 5.33. The van der Waals surface area contributed by atoms with Gasteiger partial charge in [0.2, 0.25) is 5.91 Å². The van der Waals surface area contributed by atoms with E-state index in [4.69, 9.17) is 0 Å². The predicted molar refractivity (Wildman–Crippen MR) is 136 cm³/mol. The van der Waals surface area contributed by atoms with Gasteiger partial charge in [-0.1, -0.05) is 12.1 Å². The largest absolute Gasteiger partial charge is 0.416 e. The number of alkyl halides is 3. The molecule has 0 bridgehead atoms. The summed E-state index contributed by atoms with van der Waals surface area (Å²) in [6.45, 7) is 3.60. The number of fused-ring (bicyclic) bond motifs is 1. The lowest BCUT2D eigenvalue weighted by molar-refractivity contribution is -0.137. The second kappa shape index (κ2) is 10.5. The Bertz CT molecular complexity index is 1320. The molecule has 1 aromatic heterocycles. The van der Waals surface area contributed by atoms with Crippen molar-refractivity contribution in [2.24, 2.45) is 0 Å². The maximum atomic E-state index is 14.1. The third-order valence-electron chi connectivity index (χ3n) is 7.27. The summed E-state index contributed by atoms with van der Waals surface area (Å²) >= 11 is 1.67. The minimum atomic E-state index is -4.46. The Morgan fingerprint density at radius 2 is 1.79 bits per heavy atom. The molecule has 2 aromatic carbocycles. The average molecular weight is 546 g/mol. The fourth-order valence-electron chi connectivity index (χ4n) is 5.33. The molecule has 0 unspecified atom stereocenters. The first-order valence-corrected chi connectivity index (χ1v) is 13.3. The molecule has 2 aliphatic rings. The van der Waals surface area contributed by atoms with Crippen LogP contribution < -0.4 is 0 Å². The van der Waals surface area contributed by atoms with Gasteiger partial charge in [0.15, 0.2) is 0 Å². The number of benzene rings is 2. The molecule has 10 heteroatoms. The van der Waals surface area contributed by atoms with E-state index >= 15 is 0 Å². The van der Waals surface area contributed by atoms with Crippen LogP contribution in [0.15, 0.2) is 60.0 Å². The van der Waals surface area contributed by atoms with Crippen LogP contribution >= 0.6 is 11.3 Å². The molecule has 2 atom stereocenters. The summed E-state index contributed by atoms with van der Waals surface area (Å²) in [4.78, 5) is 33.0. The van der Waals surface area contributed by atoms with Crippen LogP contribution in [0.3, 0.4) is 0 Å². The highest BCUT2D eigenvalue weighted by Crippen LogP contribution is 2.38. The lowest BCUT2D eigenvalue weighted by Gasteiger charge is -2.42. The molecule has 0 aliphatic carbocycles. The van der Waals surface area contributed by atoms with Gasteiger partial charge in [0, 0.05) is 42.7 Å². The van der Waals surface area contributed by atoms with E-state index in [-0.39, 0.29) is 48.4 Å². The number of rotatable bonds is 4. The van der Waals surface area contributed by atoms with E-state index in [0.717, 1.165) is 29.7 Å². The number of nitrogens with zero attached hydrogens (tertiary/aromatic N) is 3. The number of piperazine rings is 1. The molecule has 200 valence electrons. The van der Waals surface area contributed by atoms with Crippen molar-refractivity contribution in [3.8, 4) is 0 Å². The van der Waals surface area contributed by atoms with E-state index in [0.29, 0.717) is 19.6 Å². The Kier molecular flexibility index (Phi) is 7.28. The normalized spacial score (nSPS) is 20.3. The highest BCUT2D eigenvalue weighted by Gasteiger charge is 2.35. The molecule has 0 radical (unpaired) electrons. The Morgan fingerprint density at radius 1 is 1.03 bits per heavy atom. The molecule has 1 fully saturated rings. The van der Waals surface area contributed by atoms with Gasteiger partial charge in [0.05, 0.1) is 18.2 Å². The second-order valence-corrected chi connectivity index (χ2v) is 10.7. The molecule has 3 heterocycles. The average Bonchev–Trinajstić information content (AvgIpc) is 3.36. The van der Waals surface area contributed by atoms with Crippen molar-refractivity contribution in [2.45, 2.75) is 31.6 Å². The quantitative estimate of drug-likeness (QED) is 0.422. The van der Waals surface area contributed by atoms with Gasteiger partial charge in [-0.2, -0.15) is 13.2 Å². The van der Waals surface area contributed by atoms with E-state index in [2.05, 4.69) is 4.90 Å². The van der Waals surface area contributed by atoms with Gasteiger partial charge >= 0.3 is 6.18 Å². The molecular formula is C28H27F4N3O2S. The van der Waals surface area contributed by atoms with E-state index in [9.17, 15) is 27.2 Å². The molecule has 2 aliphatic heterocycles. The topological polar surface area (TPSA) is 43.9 Å². The monoisotopic (exact) mass is 545 g/mol. The number of halogens is 4. The molecule has 38 heavy (non-hydrogen) atoms. The van der Waals surface area contributed by atoms with Crippen LogP contribution in [0.25, 0.3) is 0 Å². The van der Waals surface area contributed by atoms with Crippen molar-refractivity contribution in [1.82, 2.24) is 14.7 Å². The van der Waals surface area contributed by atoms with Crippen LogP contribution in [0.4, 0.5) is 17.6 Å². The first-order chi connectivity index (χ1) is 18.1. The molecule has 5 nitrogen and oxygen atoms in total. The van der Waals surface area contributed by atoms with Crippen molar-refractivity contribution in [2.75, 3.05) is 32.7 Å². The van der Waals surface area contributed by atoms with Crippen LogP contribution in [-0.2, 0) is 17.4 Å². The molecule has 2 amide bonds. The van der Waals surface area contributed by atoms with Gasteiger partial charge < -0.3 is 9.80 Å². The van der Waals surface area contributed by atoms with Crippen LogP contribution in [0, 0.1) is 5.82 Å². The predicted octanol–water partition coefficient (Wildman–Crippen LogP) is 5.23. The fraction of sp³-hybridized carbons (Fsp3) is 0.357. The summed E-state index contributed by atoms with van der Waals surface area (Å²) < 4.78 is 52.7. The molecular weight excluding hydrogens is 518 g/mol. The summed E-state index contributed by atoms with van der Waals surface area (Å²) in [6, 6.07) is 12.2. The van der Waals surface area contributed by atoms with E-state index in [1.165, 1.54) is 29.1 Å². The number of hydrogen-bond donors (Lipinski definition) is 0. The smallest absolute Gasteiger partial charge is 0.338 e. The van der Waals surface area contributed by atoms with E-state index < -0.39 is 11.7 Å². The zero-order valence-corrected chi connectivity index (χ0v) is 21.6. The van der Waals surface area contributed by atoms with Crippen LogP contribution in [0.1, 0.15) is 44.9 Å². The summed E-state index contributed by atoms with van der Waals surface area (Å²) in [5.41, 5.74) is 1.28. The molecule has 0 N–H and O–H groups in total. The standard InChI is InChI=1S/C28H27F4N3O2S/c1-18-16-33(12-13-35(18)27(37)19-5-7-21(8-6-19)28(30,31)32)25(36)17-34-11-9-24-23(10-14-38-24)26(34)20-3-2-4-22(29)15-20/h2-8,10,14-15,18,26H,9,11-13,16-17H2,1H3/t18-,26+/m0/s1. The van der Waals surface area contributed by atoms with E-state index in [1.54, 1.807) is 27.2 Å². The summed E-state index contributed by atoms with van der Waals surface area (Å²) in [5.74, 6) is -0.747. The van der Waals surface area contributed by atoms with Gasteiger partial charge in [-0.05, 0) is 72.3 Å². The highest BCUT2D eigenvalue weighted by atomic mass is 32.1. The minimum Gasteiger partial charge on any atom is -0.338 e. The zero-order valence-electron chi connectivity index (χ0n) is 20.7. The number of carbonyl (C=O) groups excluding carboxylic acids is 2. The van der Waals surface area contributed by atoms with Crippen LogP contribution in [0.2, 0.25) is 0 Å². The summed E-state index contributed by atoms with van der Waals surface area (Å²) in [7, 11) is 0. The Morgan fingerprint density at radius 3 is 2.47 bits per heavy atom. The highest BCUT2D eigenvalue weighted by molar-refractivity contribution is 7.10. The number of hydrogen-bond acceptors (Lipinski definition) is 4. The number of thiophene rings is 1. The molecule has 3 aromatic rings. The second-order valence-electron chi connectivity index (χ2n) is 9.74. The van der Waals surface area contributed by atoms with Gasteiger partial charge in [-0.3, -0.25) is 14.5 Å². The fourth-order valence-corrected chi connectivity index (χ4v) is 6.24. The minimum absolute atomic E-state index is 0.0708.